The molecule has 2 aliphatic rings. The first-order valence-electron chi connectivity index (χ1n) is 8.55. The number of aliphatic hydroxyl groups excluding tert-OH is 1. The number of carbonyl (C=O) groups is 1. The fourth-order valence-corrected chi connectivity index (χ4v) is 3.16. The highest BCUT2D eigenvalue weighted by Gasteiger charge is 2.34. The Hall–Kier alpha value is -1.53. The summed E-state index contributed by atoms with van der Waals surface area (Å²) in [5, 5.41) is 13.1. The van der Waals surface area contributed by atoms with Crippen molar-refractivity contribution < 1.29 is 9.90 Å². The Kier molecular flexibility index (Phi) is 4.92. The van der Waals surface area contributed by atoms with Crippen molar-refractivity contribution in [1.29, 1.82) is 0 Å². The van der Waals surface area contributed by atoms with E-state index in [9.17, 15) is 9.90 Å². The molecule has 0 unspecified atom stereocenters. The molecule has 0 aromatic carbocycles. The molecule has 1 aliphatic carbocycles. The highest BCUT2D eigenvalue weighted by atomic mass is 16.3. The number of carbonyl (C=O) groups excluding carboxylic acids is 1. The molecule has 126 valence electrons. The van der Waals surface area contributed by atoms with E-state index < -0.39 is 6.10 Å². The zero-order valence-electron chi connectivity index (χ0n) is 13.9. The van der Waals surface area contributed by atoms with Gasteiger partial charge in [0, 0.05) is 12.2 Å². The predicted octanol–water partition coefficient (Wildman–Crippen LogP) is 1.20. The van der Waals surface area contributed by atoms with E-state index in [1.54, 1.807) is 6.20 Å². The SMILES string of the molecule is Cc1cnc([C@H](C)N2CCC([C@H](O)C(=O)NC3CC3)CC2)cn1. The van der Waals surface area contributed by atoms with E-state index in [-0.39, 0.29) is 17.9 Å². The molecule has 2 fully saturated rings. The fourth-order valence-electron chi connectivity index (χ4n) is 3.16. The van der Waals surface area contributed by atoms with Crippen LogP contribution in [0.4, 0.5) is 0 Å². The number of aryl methyl sites for hydroxylation is 1. The fraction of sp³-hybridized carbons (Fsp3) is 0.706. The Morgan fingerprint density at radius 2 is 1.96 bits per heavy atom. The van der Waals surface area contributed by atoms with E-state index in [1.165, 1.54) is 0 Å². The summed E-state index contributed by atoms with van der Waals surface area (Å²) < 4.78 is 0. The second-order valence-corrected chi connectivity index (χ2v) is 6.86. The van der Waals surface area contributed by atoms with Crippen LogP contribution >= 0.6 is 0 Å². The Bertz CT molecular complexity index is 536. The Morgan fingerprint density at radius 1 is 1.26 bits per heavy atom. The number of nitrogens with one attached hydrogen (secondary N) is 1. The van der Waals surface area contributed by atoms with Crippen molar-refractivity contribution in [2.24, 2.45) is 5.92 Å². The maximum Gasteiger partial charge on any atom is 0.249 e. The van der Waals surface area contributed by atoms with Crippen molar-refractivity contribution >= 4 is 5.91 Å². The lowest BCUT2D eigenvalue weighted by Gasteiger charge is -2.36. The van der Waals surface area contributed by atoms with Gasteiger partial charge in [-0.1, -0.05) is 0 Å². The van der Waals surface area contributed by atoms with Crippen LogP contribution in [-0.2, 0) is 4.79 Å². The highest BCUT2D eigenvalue weighted by Crippen LogP contribution is 2.28. The number of amides is 1. The standard InChI is InChI=1S/C17H26N4O2/c1-11-9-19-15(10-18-11)12(2)21-7-5-13(6-8-21)16(22)17(23)20-14-3-4-14/h9-10,12-14,16,22H,3-8H2,1-2H3,(H,20,23)/t12-,16-/m0/s1. The molecule has 3 rings (SSSR count). The van der Waals surface area contributed by atoms with Gasteiger partial charge in [0.1, 0.15) is 6.10 Å². The summed E-state index contributed by atoms with van der Waals surface area (Å²) in [4.78, 5) is 23.1. The molecule has 2 atom stereocenters. The van der Waals surface area contributed by atoms with Crippen LogP contribution in [-0.4, -0.2) is 51.1 Å². The lowest BCUT2D eigenvalue weighted by molar-refractivity contribution is -0.133. The second-order valence-electron chi connectivity index (χ2n) is 6.86. The van der Waals surface area contributed by atoms with E-state index in [4.69, 9.17) is 0 Å². The third-order valence-corrected chi connectivity index (χ3v) is 4.99. The van der Waals surface area contributed by atoms with Gasteiger partial charge in [0.15, 0.2) is 0 Å². The van der Waals surface area contributed by atoms with Crippen molar-refractivity contribution in [1.82, 2.24) is 20.2 Å². The van der Waals surface area contributed by atoms with E-state index in [0.717, 1.165) is 50.2 Å². The number of piperidine rings is 1. The van der Waals surface area contributed by atoms with Gasteiger partial charge in [-0.3, -0.25) is 19.7 Å². The normalized spacial score (nSPS) is 22.6. The molecule has 2 N–H and O–H groups in total. The van der Waals surface area contributed by atoms with Crippen LogP contribution in [0.3, 0.4) is 0 Å². The van der Waals surface area contributed by atoms with Gasteiger partial charge in [-0.15, -0.1) is 0 Å². The summed E-state index contributed by atoms with van der Waals surface area (Å²) in [5.41, 5.74) is 1.89. The third-order valence-electron chi connectivity index (χ3n) is 4.99. The lowest BCUT2D eigenvalue weighted by atomic mass is 9.90. The van der Waals surface area contributed by atoms with Crippen LogP contribution in [0.15, 0.2) is 12.4 Å². The minimum atomic E-state index is -0.868. The van der Waals surface area contributed by atoms with E-state index >= 15 is 0 Å². The minimum absolute atomic E-state index is 0.0568. The van der Waals surface area contributed by atoms with Crippen LogP contribution in [0.1, 0.15) is 50.0 Å². The lowest BCUT2D eigenvalue weighted by Crippen LogP contribution is -2.45. The predicted molar refractivity (Wildman–Crippen MR) is 86.7 cm³/mol. The second kappa shape index (κ2) is 6.93. The number of hydrogen-bond donors (Lipinski definition) is 2. The number of likely N-dealkylation sites (tertiary alicyclic amines) is 1. The Morgan fingerprint density at radius 3 is 2.52 bits per heavy atom. The summed E-state index contributed by atoms with van der Waals surface area (Å²) in [6, 6.07) is 0.513. The molecule has 1 aromatic heterocycles. The molecule has 1 aliphatic heterocycles. The third kappa shape index (κ3) is 4.06. The van der Waals surface area contributed by atoms with E-state index in [0.29, 0.717) is 6.04 Å². The van der Waals surface area contributed by atoms with Crippen molar-refractivity contribution in [3.63, 3.8) is 0 Å². The van der Waals surface area contributed by atoms with Gasteiger partial charge in [-0.25, -0.2) is 0 Å². The molecule has 1 saturated heterocycles. The molecular weight excluding hydrogens is 292 g/mol. The first kappa shape index (κ1) is 16.3. The summed E-state index contributed by atoms with van der Waals surface area (Å²) in [6.45, 7) is 5.81. The van der Waals surface area contributed by atoms with Gasteiger partial charge in [0.2, 0.25) is 5.91 Å². The first-order valence-corrected chi connectivity index (χ1v) is 8.55. The van der Waals surface area contributed by atoms with Crippen molar-refractivity contribution in [2.45, 2.75) is 57.7 Å². The van der Waals surface area contributed by atoms with Crippen LogP contribution in [0.5, 0.6) is 0 Å². The maximum atomic E-state index is 12.0. The van der Waals surface area contributed by atoms with Gasteiger partial charge >= 0.3 is 0 Å². The molecule has 6 heteroatoms. The molecule has 1 amide bonds. The van der Waals surface area contributed by atoms with Gasteiger partial charge in [-0.05, 0) is 58.5 Å². The smallest absolute Gasteiger partial charge is 0.249 e. The largest absolute Gasteiger partial charge is 0.383 e. The van der Waals surface area contributed by atoms with Crippen LogP contribution in [0, 0.1) is 12.8 Å². The van der Waals surface area contributed by atoms with Gasteiger partial charge in [0.05, 0.1) is 23.6 Å². The van der Waals surface area contributed by atoms with Crippen LogP contribution in [0.2, 0.25) is 0 Å². The van der Waals surface area contributed by atoms with Crippen molar-refractivity contribution in [2.75, 3.05) is 13.1 Å². The molecule has 23 heavy (non-hydrogen) atoms. The number of aromatic nitrogens is 2. The highest BCUT2D eigenvalue weighted by molar-refractivity contribution is 5.81. The van der Waals surface area contributed by atoms with Crippen LogP contribution < -0.4 is 5.32 Å². The zero-order valence-corrected chi connectivity index (χ0v) is 13.9. The minimum Gasteiger partial charge on any atom is -0.383 e. The molecule has 2 heterocycles. The van der Waals surface area contributed by atoms with Crippen molar-refractivity contribution in [3.8, 4) is 0 Å². The number of nitrogens with zero attached hydrogens (tertiary/aromatic N) is 3. The number of rotatable bonds is 5. The maximum absolute atomic E-state index is 12.0. The Labute approximate surface area is 137 Å². The summed E-state index contributed by atoms with van der Waals surface area (Å²) >= 11 is 0. The van der Waals surface area contributed by atoms with Gasteiger partial charge in [0.25, 0.3) is 0 Å². The summed E-state index contributed by atoms with van der Waals surface area (Å²) in [5.74, 6) is -0.135. The molecular formula is C17H26N4O2. The van der Waals surface area contributed by atoms with Gasteiger partial charge in [-0.2, -0.15) is 0 Å². The summed E-state index contributed by atoms with van der Waals surface area (Å²) in [6.07, 6.45) is 6.53. The van der Waals surface area contributed by atoms with Gasteiger partial charge < -0.3 is 10.4 Å². The van der Waals surface area contributed by atoms with E-state index in [2.05, 4.69) is 27.1 Å². The quantitative estimate of drug-likeness (QED) is 0.853. The van der Waals surface area contributed by atoms with Crippen molar-refractivity contribution in [3.05, 3.63) is 23.8 Å². The monoisotopic (exact) mass is 318 g/mol. The molecule has 0 radical (unpaired) electrons. The molecule has 0 bridgehead atoms. The molecule has 1 aromatic rings. The summed E-state index contributed by atoms with van der Waals surface area (Å²) in [7, 11) is 0. The van der Waals surface area contributed by atoms with Crippen LogP contribution in [0.25, 0.3) is 0 Å². The number of aliphatic hydroxyl groups is 1. The number of hydrogen-bond acceptors (Lipinski definition) is 5. The molecule has 6 nitrogen and oxygen atoms in total. The average molecular weight is 318 g/mol. The first-order chi connectivity index (χ1) is 11.0. The Balaban J connectivity index is 1.51. The van der Waals surface area contributed by atoms with E-state index in [1.807, 2.05) is 13.1 Å². The molecule has 0 spiro atoms. The topological polar surface area (TPSA) is 78.3 Å². The zero-order chi connectivity index (χ0) is 16.4. The molecule has 1 saturated carbocycles. The average Bonchev–Trinajstić information content (AvgIpc) is 3.38.